The van der Waals surface area contributed by atoms with Crippen molar-refractivity contribution in [3.63, 3.8) is 0 Å². The lowest BCUT2D eigenvalue weighted by Crippen LogP contribution is -2.30. The number of fused-ring (bicyclic) bond motifs is 2. The Balaban J connectivity index is 1.23. The maximum absolute atomic E-state index is 13.8. The first-order valence-corrected chi connectivity index (χ1v) is 14.1. The Morgan fingerprint density at radius 1 is 1.14 bits per heavy atom. The third-order valence-corrected chi connectivity index (χ3v) is 7.82. The molecule has 4 aromatic rings. The predicted molar refractivity (Wildman–Crippen MR) is 161 cm³/mol. The zero-order chi connectivity index (χ0) is 29.6. The Kier molecular flexibility index (Phi) is 6.98. The molecule has 11 heteroatoms. The van der Waals surface area contributed by atoms with Gasteiger partial charge in [-0.3, -0.25) is 9.67 Å². The highest BCUT2D eigenvalue weighted by atomic mass is 19.4. The average molecular weight is 577 g/mol. The van der Waals surface area contributed by atoms with E-state index in [0.717, 1.165) is 53.1 Å². The Bertz CT molecular complexity index is 1690. The lowest BCUT2D eigenvalue weighted by molar-refractivity contribution is -0.139. The fraction of sp³-hybridized carbons (Fsp3) is 0.387. The maximum Gasteiger partial charge on any atom is 0.406 e. The summed E-state index contributed by atoms with van der Waals surface area (Å²) in [4.78, 5) is 9.20. The highest BCUT2D eigenvalue weighted by molar-refractivity contribution is 6.14. The van der Waals surface area contributed by atoms with Gasteiger partial charge in [-0.15, -0.1) is 0 Å². The van der Waals surface area contributed by atoms with Gasteiger partial charge in [0.2, 0.25) is 0 Å². The van der Waals surface area contributed by atoms with E-state index in [1.54, 1.807) is 24.4 Å². The molecule has 8 nitrogen and oxygen atoms in total. The molecule has 1 aromatic carbocycles. The van der Waals surface area contributed by atoms with Crippen LogP contribution < -0.4 is 10.6 Å². The molecule has 0 saturated heterocycles. The SMILES string of the molecule is C=C(NCC1=NC(c2cc3c(NC4CCn5nccc5C4)cccc3n2CC(F)(F)F)=NC1)c1ccn(C(C)(C)C)c1. The smallest absolute Gasteiger partial charge is 0.381 e. The van der Waals surface area contributed by atoms with Crippen molar-refractivity contribution >= 4 is 33.8 Å². The van der Waals surface area contributed by atoms with Gasteiger partial charge in [-0.05, 0) is 57.5 Å². The summed E-state index contributed by atoms with van der Waals surface area (Å²) in [6.07, 6.45) is 3.13. The van der Waals surface area contributed by atoms with Gasteiger partial charge < -0.3 is 19.8 Å². The standard InChI is InChI=1S/C31H35F3N8/c1-20(21-9-12-40(18-21)30(2,3)4)35-16-23-17-36-29(39-23)28-15-25-26(6-5-7-27(25)41(28)19-31(32,33)34)38-22-10-13-42-24(14-22)8-11-37-42/h5-9,11-12,15,18,22,35,38H,1,10,13-14,16-17,19H2,2-4H3. The van der Waals surface area contributed by atoms with E-state index in [4.69, 9.17) is 0 Å². The van der Waals surface area contributed by atoms with Crippen LogP contribution >= 0.6 is 0 Å². The van der Waals surface area contributed by atoms with Crippen LogP contribution in [0.25, 0.3) is 16.6 Å². The van der Waals surface area contributed by atoms with Gasteiger partial charge in [0, 0.05) is 71.2 Å². The van der Waals surface area contributed by atoms with Crippen LogP contribution in [0, 0.1) is 0 Å². The highest BCUT2D eigenvalue weighted by Crippen LogP contribution is 2.32. The second kappa shape index (κ2) is 10.5. The van der Waals surface area contributed by atoms with Crippen molar-refractivity contribution in [3.05, 3.63) is 78.5 Å². The lowest BCUT2D eigenvalue weighted by atomic mass is 10.0. The lowest BCUT2D eigenvalue weighted by Gasteiger charge is -2.25. The van der Waals surface area contributed by atoms with Crippen LogP contribution in [0.5, 0.6) is 0 Å². The molecule has 2 aliphatic rings. The van der Waals surface area contributed by atoms with E-state index >= 15 is 0 Å². The summed E-state index contributed by atoms with van der Waals surface area (Å²) >= 11 is 0. The molecule has 0 fully saturated rings. The number of aliphatic imine (C=N–C) groups is 2. The van der Waals surface area contributed by atoms with E-state index in [2.05, 4.69) is 57.6 Å². The van der Waals surface area contributed by atoms with Gasteiger partial charge in [-0.1, -0.05) is 12.6 Å². The van der Waals surface area contributed by atoms with Gasteiger partial charge in [-0.25, -0.2) is 4.99 Å². The first-order chi connectivity index (χ1) is 19.9. The summed E-state index contributed by atoms with van der Waals surface area (Å²) in [6.45, 7) is 10.9. The Hall–Kier alpha value is -4.28. The minimum atomic E-state index is -4.40. The van der Waals surface area contributed by atoms with E-state index in [9.17, 15) is 13.2 Å². The molecule has 0 spiro atoms. The molecule has 0 amide bonds. The van der Waals surface area contributed by atoms with Gasteiger partial charge in [0.1, 0.15) is 6.54 Å². The molecule has 1 unspecified atom stereocenters. The van der Waals surface area contributed by atoms with Crippen LogP contribution in [0.4, 0.5) is 18.9 Å². The second-order valence-electron chi connectivity index (χ2n) is 12.0. The Morgan fingerprint density at radius 3 is 2.74 bits per heavy atom. The number of aryl methyl sites for hydroxylation is 1. The molecule has 220 valence electrons. The van der Waals surface area contributed by atoms with Gasteiger partial charge >= 0.3 is 6.18 Å². The van der Waals surface area contributed by atoms with E-state index in [1.165, 1.54) is 4.57 Å². The predicted octanol–water partition coefficient (Wildman–Crippen LogP) is 5.85. The number of anilines is 1. The summed E-state index contributed by atoms with van der Waals surface area (Å²) in [5.74, 6) is 0.310. The van der Waals surface area contributed by atoms with Crippen LogP contribution in [-0.4, -0.2) is 55.8 Å². The molecule has 0 radical (unpaired) electrons. The molecule has 2 N–H and O–H groups in total. The summed E-state index contributed by atoms with van der Waals surface area (Å²) < 4.78 is 46.7. The molecule has 42 heavy (non-hydrogen) atoms. The second-order valence-corrected chi connectivity index (χ2v) is 12.0. The number of benzene rings is 1. The molecule has 1 atom stereocenters. The largest absolute Gasteiger partial charge is 0.406 e. The molecule has 5 heterocycles. The number of nitrogens with zero attached hydrogens (tertiary/aromatic N) is 6. The van der Waals surface area contributed by atoms with E-state index < -0.39 is 12.7 Å². The van der Waals surface area contributed by atoms with Gasteiger partial charge in [0.15, 0.2) is 5.84 Å². The fourth-order valence-corrected chi connectivity index (χ4v) is 5.58. The average Bonchev–Trinajstić information content (AvgIpc) is 3.72. The molecule has 0 saturated carbocycles. The number of nitrogens with one attached hydrogen (secondary N) is 2. The minimum absolute atomic E-state index is 0.0405. The molecule has 3 aromatic heterocycles. The molecule has 6 rings (SSSR count). The number of alkyl halides is 3. The summed E-state index contributed by atoms with van der Waals surface area (Å²) in [6, 6.07) is 11.4. The van der Waals surface area contributed by atoms with E-state index in [0.29, 0.717) is 30.1 Å². The van der Waals surface area contributed by atoms with Crippen molar-refractivity contribution in [3.8, 4) is 0 Å². The third kappa shape index (κ3) is 5.73. The summed E-state index contributed by atoms with van der Waals surface area (Å²) in [5, 5.41) is 11.9. The molecular weight excluding hydrogens is 541 g/mol. The van der Waals surface area contributed by atoms with Crippen LogP contribution in [0.15, 0.2) is 71.6 Å². The fourth-order valence-electron chi connectivity index (χ4n) is 5.58. The van der Waals surface area contributed by atoms with Gasteiger partial charge in [0.05, 0.1) is 30.0 Å². The number of rotatable bonds is 8. The molecule has 2 aliphatic heterocycles. The topological polar surface area (TPSA) is 76.5 Å². The first kappa shape index (κ1) is 27.9. The Morgan fingerprint density at radius 2 is 1.98 bits per heavy atom. The minimum Gasteiger partial charge on any atom is -0.381 e. The van der Waals surface area contributed by atoms with Crippen molar-refractivity contribution in [2.24, 2.45) is 9.98 Å². The Labute approximate surface area is 242 Å². The van der Waals surface area contributed by atoms with E-state index in [1.807, 2.05) is 35.3 Å². The van der Waals surface area contributed by atoms with Gasteiger partial charge in [0.25, 0.3) is 0 Å². The number of halogens is 3. The molecule has 0 bridgehead atoms. The molecule has 0 aliphatic carbocycles. The van der Waals surface area contributed by atoms with Crippen molar-refractivity contribution in [1.82, 2.24) is 24.2 Å². The van der Waals surface area contributed by atoms with Crippen LogP contribution in [0.3, 0.4) is 0 Å². The summed E-state index contributed by atoms with van der Waals surface area (Å²) in [7, 11) is 0. The third-order valence-electron chi connectivity index (χ3n) is 7.82. The number of aromatic nitrogens is 4. The zero-order valence-corrected chi connectivity index (χ0v) is 24.0. The van der Waals surface area contributed by atoms with Crippen molar-refractivity contribution in [2.75, 3.05) is 18.4 Å². The van der Waals surface area contributed by atoms with Crippen molar-refractivity contribution in [1.29, 1.82) is 0 Å². The maximum atomic E-state index is 13.8. The monoisotopic (exact) mass is 576 g/mol. The van der Waals surface area contributed by atoms with Crippen molar-refractivity contribution in [2.45, 2.75) is 64.5 Å². The number of hydrogen-bond acceptors (Lipinski definition) is 5. The van der Waals surface area contributed by atoms with Crippen LogP contribution in [-0.2, 0) is 25.0 Å². The van der Waals surface area contributed by atoms with E-state index in [-0.39, 0.29) is 11.6 Å². The number of amidine groups is 1. The first-order valence-electron chi connectivity index (χ1n) is 14.1. The molecular formula is C31H35F3N8. The normalized spacial score (nSPS) is 17.2. The van der Waals surface area contributed by atoms with Crippen LogP contribution in [0.2, 0.25) is 0 Å². The summed E-state index contributed by atoms with van der Waals surface area (Å²) in [5.41, 5.74) is 5.22. The number of hydrogen-bond donors (Lipinski definition) is 2. The quantitative estimate of drug-likeness (QED) is 0.277. The highest BCUT2D eigenvalue weighted by Gasteiger charge is 2.32. The zero-order valence-electron chi connectivity index (χ0n) is 24.0. The van der Waals surface area contributed by atoms with Crippen molar-refractivity contribution < 1.29 is 13.2 Å². The van der Waals surface area contributed by atoms with Crippen LogP contribution in [0.1, 0.15) is 44.1 Å². The van der Waals surface area contributed by atoms with Gasteiger partial charge in [-0.2, -0.15) is 18.3 Å².